The maximum atomic E-state index is 12.8. The minimum Gasteiger partial charge on any atom is -0.383 e. The molecule has 9 heteroatoms. The largest absolute Gasteiger partial charge is 0.433 e. The second-order valence-electron chi connectivity index (χ2n) is 7.27. The highest BCUT2D eigenvalue weighted by atomic mass is 19.4. The minimum absolute atomic E-state index is 0.0221. The topological polar surface area (TPSA) is 83.0 Å². The van der Waals surface area contributed by atoms with Crippen LogP contribution in [-0.2, 0) is 11.8 Å². The Morgan fingerprint density at radius 1 is 1.21 bits per heavy atom. The molecule has 3 rings (SSSR count). The first-order chi connectivity index (χ1) is 13.2. The van der Waals surface area contributed by atoms with Crippen molar-refractivity contribution in [1.29, 1.82) is 0 Å². The second-order valence-corrected chi connectivity index (χ2v) is 7.27. The Hall–Kier alpha value is -2.26. The maximum Gasteiger partial charge on any atom is 0.433 e. The SMILES string of the molecule is Cc1ncc(C(C)(O)CNc2cccc(C(F)(F)F)n2)c(C2CCNCC2)n1. The van der Waals surface area contributed by atoms with Gasteiger partial charge in [0.05, 0.1) is 5.69 Å². The number of aliphatic hydroxyl groups is 1. The fraction of sp³-hybridized carbons (Fsp3) is 0.526. The molecule has 1 unspecified atom stereocenters. The molecule has 1 aliphatic rings. The molecule has 1 fully saturated rings. The van der Waals surface area contributed by atoms with Crippen molar-refractivity contribution in [2.75, 3.05) is 25.0 Å². The van der Waals surface area contributed by atoms with E-state index in [0.717, 1.165) is 37.7 Å². The first-order valence-electron chi connectivity index (χ1n) is 9.22. The van der Waals surface area contributed by atoms with Gasteiger partial charge in [0.15, 0.2) is 0 Å². The van der Waals surface area contributed by atoms with Crippen LogP contribution in [0.5, 0.6) is 0 Å². The van der Waals surface area contributed by atoms with E-state index in [9.17, 15) is 18.3 Å². The number of alkyl halides is 3. The second kappa shape index (κ2) is 8.00. The summed E-state index contributed by atoms with van der Waals surface area (Å²) in [5.74, 6) is 0.878. The molecule has 3 N–H and O–H groups in total. The van der Waals surface area contributed by atoms with Gasteiger partial charge >= 0.3 is 6.18 Å². The van der Waals surface area contributed by atoms with Crippen molar-refractivity contribution in [3.05, 3.63) is 47.2 Å². The van der Waals surface area contributed by atoms with Gasteiger partial charge < -0.3 is 15.7 Å². The van der Waals surface area contributed by atoms with E-state index in [0.29, 0.717) is 11.4 Å². The van der Waals surface area contributed by atoms with Gasteiger partial charge in [0, 0.05) is 24.2 Å². The van der Waals surface area contributed by atoms with Crippen LogP contribution in [0.1, 0.15) is 48.5 Å². The van der Waals surface area contributed by atoms with Crippen molar-refractivity contribution < 1.29 is 18.3 Å². The molecule has 0 radical (unpaired) electrons. The minimum atomic E-state index is -4.52. The molecule has 1 atom stereocenters. The van der Waals surface area contributed by atoms with Crippen LogP contribution in [0.15, 0.2) is 24.4 Å². The third-order valence-electron chi connectivity index (χ3n) is 4.90. The van der Waals surface area contributed by atoms with Crippen LogP contribution in [-0.4, -0.2) is 39.7 Å². The number of anilines is 1. The van der Waals surface area contributed by atoms with Crippen LogP contribution in [0.2, 0.25) is 0 Å². The summed E-state index contributed by atoms with van der Waals surface area (Å²) in [4.78, 5) is 12.4. The van der Waals surface area contributed by atoms with Crippen molar-refractivity contribution in [2.24, 2.45) is 0 Å². The fourth-order valence-corrected chi connectivity index (χ4v) is 3.36. The predicted octanol–water partition coefficient (Wildman–Crippen LogP) is 2.99. The lowest BCUT2D eigenvalue weighted by molar-refractivity contribution is -0.141. The molecule has 0 saturated carbocycles. The first-order valence-corrected chi connectivity index (χ1v) is 9.22. The van der Waals surface area contributed by atoms with Crippen molar-refractivity contribution in [2.45, 2.75) is 44.4 Å². The maximum absolute atomic E-state index is 12.8. The first kappa shape index (κ1) is 20.5. The van der Waals surface area contributed by atoms with E-state index in [2.05, 4.69) is 25.6 Å². The molecule has 6 nitrogen and oxygen atoms in total. The van der Waals surface area contributed by atoms with Gasteiger partial charge in [-0.1, -0.05) is 6.07 Å². The Morgan fingerprint density at radius 2 is 1.93 bits per heavy atom. The zero-order valence-electron chi connectivity index (χ0n) is 15.8. The van der Waals surface area contributed by atoms with Gasteiger partial charge in [0.2, 0.25) is 0 Å². The molecule has 0 bridgehead atoms. The van der Waals surface area contributed by atoms with Gasteiger partial charge in [-0.2, -0.15) is 13.2 Å². The number of aromatic nitrogens is 3. The van der Waals surface area contributed by atoms with Crippen LogP contribution in [0.25, 0.3) is 0 Å². The molecule has 0 spiro atoms. The number of piperidine rings is 1. The number of pyridine rings is 1. The van der Waals surface area contributed by atoms with E-state index in [1.807, 2.05) is 0 Å². The standard InChI is InChI=1S/C19H24F3N5O/c1-12-24-10-14(17(26-12)13-6-8-23-9-7-13)18(2,28)11-25-16-5-3-4-15(27-16)19(20,21)22/h3-5,10,13,23,28H,6-9,11H2,1-2H3,(H,25,27). The third-order valence-corrected chi connectivity index (χ3v) is 4.90. The summed E-state index contributed by atoms with van der Waals surface area (Å²) in [7, 11) is 0. The molecule has 1 aliphatic heterocycles. The number of rotatable bonds is 5. The highest BCUT2D eigenvalue weighted by Crippen LogP contribution is 2.33. The summed E-state index contributed by atoms with van der Waals surface area (Å²) in [6, 6.07) is 3.62. The summed E-state index contributed by atoms with van der Waals surface area (Å²) in [5.41, 5.74) is -0.961. The molecule has 0 amide bonds. The Bertz CT molecular complexity index is 819. The zero-order valence-corrected chi connectivity index (χ0v) is 15.8. The summed E-state index contributed by atoms with van der Waals surface area (Å²) in [5, 5.41) is 17.2. The highest BCUT2D eigenvalue weighted by Gasteiger charge is 2.33. The van der Waals surface area contributed by atoms with Crippen LogP contribution in [0, 0.1) is 6.92 Å². The van der Waals surface area contributed by atoms with Gasteiger partial charge in [-0.15, -0.1) is 0 Å². The molecule has 0 aliphatic carbocycles. The van der Waals surface area contributed by atoms with Crippen molar-refractivity contribution >= 4 is 5.82 Å². The van der Waals surface area contributed by atoms with E-state index in [4.69, 9.17) is 0 Å². The van der Waals surface area contributed by atoms with E-state index < -0.39 is 17.5 Å². The molecule has 2 aromatic rings. The Kier molecular flexibility index (Phi) is 5.85. The van der Waals surface area contributed by atoms with Crippen LogP contribution in [0.3, 0.4) is 0 Å². The van der Waals surface area contributed by atoms with Gasteiger partial charge in [-0.25, -0.2) is 15.0 Å². The molecule has 1 saturated heterocycles. The lowest BCUT2D eigenvalue weighted by atomic mass is 9.86. The highest BCUT2D eigenvalue weighted by molar-refractivity contribution is 5.38. The average molecular weight is 395 g/mol. The Morgan fingerprint density at radius 3 is 2.61 bits per heavy atom. The monoisotopic (exact) mass is 395 g/mol. The normalized spacial score (nSPS) is 17.9. The van der Waals surface area contributed by atoms with E-state index in [1.54, 1.807) is 20.0 Å². The number of aryl methyl sites for hydroxylation is 1. The number of nitrogens with one attached hydrogen (secondary N) is 2. The van der Waals surface area contributed by atoms with Crippen molar-refractivity contribution in [3.63, 3.8) is 0 Å². The fourth-order valence-electron chi connectivity index (χ4n) is 3.36. The molecule has 0 aromatic carbocycles. The molecule has 2 aromatic heterocycles. The molecule has 3 heterocycles. The summed E-state index contributed by atoms with van der Waals surface area (Å²) >= 11 is 0. The molecule has 28 heavy (non-hydrogen) atoms. The smallest absolute Gasteiger partial charge is 0.383 e. The van der Waals surface area contributed by atoms with Crippen molar-refractivity contribution in [3.8, 4) is 0 Å². The lowest BCUT2D eigenvalue weighted by Crippen LogP contribution is -2.35. The van der Waals surface area contributed by atoms with Gasteiger partial charge in [0.25, 0.3) is 0 Å². The number of hydrogen-bond acceptors (Lipinski definition) is 6. The Labute approximate surface area is 161 Å². The predicted molar refractivity (Wildman–Crippen MR) is 98.9 cm³/mol. The number of nitrogens with zero attached hydrogens (tertiary/aromatic N) is 3. The molecular weight excluding hydrogens is 371 g/mol. The molecule has 152 valence electrons. The number of hydrogen-bond donors (Lipinski definition) is 3. The lowest BCUT2D eigenvalue weighted by Gasteiger charge is -2.30. The van der Waals surface area contributed by atoms with E-state index in [-0.39, 0.29) is 18.3 Å². The van der Waals surface area contributed by atoms with E-state index in [1.165, 1.54) is 12.1 Å². The average Bonchev–Trinajstić information content (AvgIpc) is 2.66. The van der Waals surface area contributed by atoms with Gasteiger partial charge in [-0.05, 0) is 51.9 Å². The van der Waals surface area contributed by atoms with Crippen molar-refractivity contribution in [1.82, 2.24) is 20.3 Å². The summed E-state index contributed by atoms with van der Waals surface area (Å²) in [6.45, 7) is 5.13. The van der Waals surface area contributed by atoms with Crippen LogP contribution >= 0.6 is 0 Å². The third kappa shape index (κ3) is 4.77. The summed E-state index contributed by atoms with van der Waals surface area (Å²) < 4.78 is 38.5. The molecular formula is C19H24F3N5O. The summed E-state index contributed by atoms with van der Waals surface area (Å²) in [6.07, 6.45) is -1.10. The number of halogens is 3. The quantitative estimate of drug-likeness (QED) is 0.722. The zero-order chi connectivity index (χ0) is 20.4. The van der Waals surface area contributed by atoms with Gasteiger partial charge in [-0.3, -0.25) is 0 Å². The van der Waals surface area contributed by atoms with Gasteiger partial charge in [0.1, 0.15) is 22.9 Å². The van der Waals surface area contributed by atoms with Crippen LogP contribution in [0.4, 0.5) is 19.0 Å². The van der Waals surface area contributed by atoms with Crippen LogP contribution < -0.4 is 10.6 Å². The van der Waals surface area contributed by atoms with E-state index >= 15 is 0 Å². The Balaban J connectivity index is 1.81.